The van der Waals surface area contributed by atoms with Crippen molar-refractivity contribution in [2.45, 2.75) is 0 Å². The van der Waals surface area contributed by atoms with E-state index in [1.54, 1.807) is 24.3 Å². The first kappa shape index (κ1) is 16.0. The van der Waals surface area contributed by atoms with Crippen LogP contribution in [0.4, 0.5) is 4.39 Å². The van der Waals surface area contributed by atoms with Crippen LogP contribution in [-0.4, -0.2) is 5.97 Å². The highest BCUT2D eigenvalue weighted by Crippen LogP contribution is 2.25. The zero-order valence-electron chi connectivity index (χ0n) is 12.4. The summed E-state index contributed by atoms with van der Waals surface area (Å²) in [7, 11) is 0. The third-order valence-corrected chi connectivity index (χ3v) is 3.50. The highest BCUT2D eigenvalue weighted by atomic mass is 35.5. The van der Waals surface area contributed by atoms with Crippen molar-refractivity contribution in [3.63, 3.8) is 0 Å². The fourth-order valence-corrected chi connectivity index (χ4v) is 2.29. The average Bonchev–Trinajstić information content (AvgIpc) is 2.57. The average molecular weight is 343 g/mol. The Hall–Kier alpha value is -2.85. The second kappa shape index (κ2) is 7.15. The Kier molecular flexibility index (Phi) is 4.77. The van der Waals surface area contributed by atoms with Gasteiger partial charge in [0.1, 0.15) is 28.6 Å². The molecule has 0 saturated heterocycles. The number of carbonyl (C=O) groups excluding carboxylic acids is 1. The van der Waals surface area contributed by atoms with Gasteiger partial charge in [0.15, 0.2) is 0 Å². The van der Waals surface area contributed by atoms with E-state index in [9.17, 15) is 9.18 Å². The largest absolute Gasteiger partial charge is 0.457 e. The molecule has 5 heteroatoms. The van der Waals surface area contributed by atoms with E-state index in [0.29, 0.717) is 11.5 Å². The number of benzene rings is 3. The van der Waals surface area contributed by atoms with Gasteiger partial charge < -0.3 is 9.47 Å². The number of ether oxygens (including phenoxy) is 2. The van der Waals surface area contributed by atoms with Gasteiger partial charge in [-0.2, -0.15) is 0 Å². The molecule has 0 heterocycles. The summed E-state index contributed by atoms with van der Waals surface area (Å²) in [6.45, 7) is 0. The third-order valence-electron chi connectivity index (χ3n) is 3.18. The number of rotatable bonds is 4. The minimum absolute atomic E-state index is 0.00373. The summed E-state index contributed by atoms with van der Waals surface area (Å²) in [5, 5.41) is 0.00373. The van der Waals surface area contributed by atoms with E-state index in [4.69, 9.17) is 21.1 Å². The van der Waals surface area contributed by atoms with Crippen LogP contribution in [0.5, 0.6) is 17.2 Å². The molecule has 0 aromatic heterocycles. The summed E-state index contributed by atoms with van der Waals surface area (Å²) in [4.78, 5) is 12.1. The molecule has 0 saturated carbocycles. The first-order valence-electron chi connectivity index (χ1n) is 7.12. The third kappa shape index (κ3) is 3.73. The standard InChI is InChI=1S/C19H12ClFO3/c20-16-7-4-8-17(21)18(16)19(22)24-15-11-9-14(10-12-15)23-13-5-2-1-3-6-13/h1-12H. The molecule has 3 aromatic carbocycles. The molecular weight excluding hydrogens is 331 g/mol. The van der Waals surface area contributed by atoms with E-state index >= 15 is 0 Å². The molecule has 0 bridgehead atoms. The van der Waals surface area contributed by atoms with Crippen LogP contribution in [0.3, 0.4) is 0 Å². The van der Waals surface area contributed by atoms with Crippen molar-refractivity contribution in [2.24, 2.45) is 0 Å². The summed E-state index contributed by atoms with van der Waals surface area (Å²) >= 11 is 5.85. The molecule has 0 aliphatic rings. The highest BCUT2D eigenvalue weighted by Gasteiger charge is 2.18. The zero-order valence-corrected chi connectivity index (χ0v) is 13.2. The Balaban J connectivity index is 1.71. The topological polar surface area (TPSA) is 35.5 Å². The molecule has 3 aromatic rings. The molecular formula is C19H12ClFO3. The summed E-state index contributed by atoms with van der Waals surface area (Å²) in [5.41, 5.74) is -0.288. The Bertz CT molecular complexity index is 828. The van der Waals surface area contributed by atoms with Crippen LogP contribution in [0, 0.1) is 5.82 Å². The van der Waals surface area contributed by atoms with E-state index in [1.807, 2.05) is 30.3 Å². The van der Waals surface area contributed by atoms with Gasteiger partial charge in [0.2, 0.25) is 0 Å². The van der Waals surface area contributed by atoms with Crippen molar-refractivity contribution in [2.75, 3.05) is 0 Å². The minimum Gasteiger partial charge on any atom is -0.457 e. The van der Waals surface area contributed by atoms with Gasteiger partial charge >= 0.3 is 5.97 Å². The van der Waals surface area contributed by atoms with Crippen molar-refractivity contribution in [3.05, 3.63) is 89.2 Å². The van der Waals surface area contributed by atoms with Gasteiger partial charge in [0.05, 0.1) is 5.02 Å². The molecule has 0 spiro atoms. The molecule has 0 radical (unpaired) electrons. The molecule has 24 heavy (non-hydrogen) atoms. The van der Waals surface area contributed by atoms with Gasteiger partial charge in [0.25, 0.3) is 0 Å². The molecule has 0 amide bonds. The summed E-state index contributed by atoms with van der Waals surface area (Å²) in [5.74, 6) is -0.0311. The molecule has 0 atom stereocenters. The van der Waals surface area contributed by atoms with Crippen LogP contribution in [-0.2, 0) is 0 Å². The summed E-state index contributed by atoms with van der Waals surface area (Å²) < 4.78 is 24.5. The molecule has 0 N–H and O–H groups in total. The maximum atomic E-state index is 13.7. The van der Waals surface area contributed by atoms with Crippen molar-refractivity contribution in [3.8, 4) is 17.2 Å². The van der Waals surface area contributed by atoms with Crippen LogP contribution in [0.15, 0.2) is 72.8 Å². The number of carbonyl (C=O) groups is 1. The number of hydrogen-bond donors (Lipinski definition) is 0. The van der Waals surface area contributed by atoms with Crippen LogP contribution >= 0.6 is 11.6 Å². The van der Waals surface area contributed by atoms with Crippen LogP contribution in [0.25, 0.3) is 0 Å². The Morgan fingerprint density at radius 2 is 1.42 bits per heavy atom. The minimum atomic E-state index is -0.852. The second-order valence-electron chi connectivity index (χ2n) is 4.87. The van der Waals surface area contributed by atoms with Crippen molar-refractivity contribution in [1.82, 2.24) is 0 Å². The van der Waals surface area contributed by atoms with Crippen LogP contribution < -0.4 is 9.47 Å². The van der Waals surface area contributed by atoms with Gasteiger partial charge in [-0.15, -0.1) is 0 Å². The molecule has 3 nitrogen and oxygen atoms in total. The van der Waals surface area contributed by atoms with Gasteiger partial charge in [-0.25, -0.2) is 9.18 Å². The van der Waals surface area contributed by atoms with E-state index in [1.165, 1.54) is 12.1 Å². The summed E-state index contributed by atoms with van der Waals surface area (Å²) in [6, 6.07) is 19.7. The first-order valence-corrected chi connectivity index (χ1v) is 7.50. The number of hydrogen-bond acceptors (Lipinski definition) is 3. The number of halogens is 2. The molecule has 0 unspecified atom stereocenters. The van der Waals surface area contributed by atoms with E-state index in [-0.39, 0.29) is 16.3 Å². The lowest BCUT2D eigenvalue weighted by Crippen LogP contribution is -2.11. The first-order chi connectivity index (χ1) is 11.6. The maximum absolute atomic E-state index is 13.7. The maximum Gasteiger partial charge on any atom is 0.348 e. The second-order valence-corrected chi connectivity index (χ2v) is 5.28. The SMILES string of the molecule is O=C(Oc1ccc(Oc2ccccc2)cc1)c1c(F)cccc1Cl. The molecule has 3 rings (SSSR count). The van der Waals surface area contributed by atoms with E-state index < -0.39 is 11.8 Å². The van der Waals surface area contributed by atoms with Crippen molar-refractivity contribution in [1.29, 1.82) is 0 Å². The Morgan fingerprint density at radius 3 is 2.08 bits per heavy atom. The van der Waals surface area contributed by atoms with E-state index in [2.05, 4.69) is 0 Å². The molecule has 0 fully saturated rings. The lowest BCUT2D eigenvalue weighted by molar-refractivity contribution is 0.0730. The fraction of sp³-hybridized carbons (Fsp3) is 0. The molecule has 0 aliphatic heterocycles. The number of esters is 1. The van der Waals surface area contributed by atoms with Gasteiger partial charge in [-0.3, -0.25) is 0 Å². The fourth-order valence-electron chi connectivity index (χ4n) is 2.05. The predicted octanol–water partition coefficient (Wildman–Crippen LogP) is 5.49. The van der Waals surface area contributed by atoms with Gasteiger partial charge in [-0.05, 0) is 48.5 Å². The quantitative estimate of drug-likeness (QED) is 0.464. The lowest BCUT2D eigenvalue weighted by atomic mass is 10.2. The van der Waals surface area contributed by atoms with Crippen LogP contribution in [0.1, 0.15) is 10.4 Å². The monoisotopic (exact) mass is 342 g/mol. The predicted molar refractivity (Wildman–Crippen MR) is 89.3 cm³/mol. The Labute approximate surface area is 143 Å². The molecule has 120 valence electrons. The van der Waals surface area contributed by atoms with Crippen LogP contribution in [0.2, 0.25) is 5.02 Å². The Morgan fingerprint density at radius 1 is 0.792 bits per heavy atom. The van der Waals surface area contributed by atoms with Crippen molar-refractivity contribution < 1.29 is 18.7 Å². The lowest BCUT2D eigenvalue weighted by Gasteiger charge is -2.08. The number of para-hydroxylation sites is 1. The van der Waals surface area contributed by atoms with Crippen molar-refractivity contribution >= 4 is 17.6 Å². The summed E-state index contributed by atoms with van der Waals surface area (Å²) in [6.07, 6.45) is 0. The normalized spacial score (nSPS) is 10.2. The highest BCUT2D eigenvalue weighted by molar-refractivity contribution is 6.33. The van der Waals surface area contributed by atoms with E-state index in [0.717, 1.165) is 6.07 Å². The molecule has 0 aliphatic carbocycles. The zero-order chi connectivity index (χ0) is 16.9. The van der Waals surface area contributed by atoms with Gasteiger partial charge in [0, 0.05) is 0 Å². The smallest absolute Gasteiger partial charge is 0.348 e. The van der Waals surface area contributed by atoms with Gasteiger partial charge in [-0.1, -0.05) is 35.9 Å².